The van der Waals surface area contributed by atoms with Crippen LogP contribution in [0.1, 0.15) is 10.4 Å². The van der Waals surface area contributed by atoms with Gasteiger partial charge in [-0.1, -0.05) is 29.3 Å². The van der Waals surface area contributed by atoms with Crippen molar-refractivity contribution in [2.45, 2.75) is 4.90 Å². The van der Waals surface area contributed by atoms with Crippen LogP contribution in [0, 0.1) is 5.82 Å². The first-order valence-electron chi connectivity index (χ1n) is 6.40. The summed E-state index contributed by atoms with van der Waals surface area (Å²) >= 11 is 11.6. The molecule has 0 aliphatic rings. The molecule has 0 radical (unpaired) electrons. The molecule has 2 aromatic carbocycles. The number of rotatable bonds is 3. The van der Waals surface area contributed by atoms with Crippen molar-refractivity contribution in [3.63, 3.8) is 0 Å². The molecule has 0 spiro atoms. The first-order valence-corrected chi connectivity index (χ1v) is 8.54. The number of hydrogen-bond acceptors (Lipinski definition) is 4. The van der Waals surface area contributed by atoms with Crippen LogP contribution < -0.4 is 10.6 Å². The van der Waals surface area contributed by atoms with Crippen LogP contribution in [0.5, 0.6) is 0 Å². The molecule has 2 rings (SSSR count). The van der Waals surface area contributed by atoms with Crippen molar-refractivity contribution in [1.29, 1.82) is 0 Å². The molecule has 2 N–H and O–H groups in total. The molecule has 11 heteroatoms. The molecule has 0 bridgehead atoms. The van der Waals surface area contributed by atoms with Gasteiger partial charge in [0.25, 0.3) is 5.91 Å². The summed E-state index contributed by atoms with van der Waals surface area (Å²) in [5.74, 6) is -2.14. The highest BCUT2D eigenvalue weighted by atomic mass is 35.5. The van der Waals surface area contributed by atoms with Gasteiger partial charge in [-0.05, 0) is 30.3 Å². The maximum absolute atomic E-state index is 13.7. The molecule has 3 amide bonds. The SMILES string of the molecule is O=C(NC(=O)c1c(Cl)cccc1Cl)Nc1ccc(S(=O)(=O)F)cc1F. The molecule has 0 unspecified atom stereocenters. The summed E-state index contributed by atoms with van der Waals surface area (Å²) in [4.78, 5) is 22.9. The maximum atomic E-state index is 13.7. The average molecular weight is 409 g/mol. The summed E-state index contributed by atoms with van der Waals surface area (Å²) in [7, 11) is -5.09. The number of nitrogens with one attached hydrogen (secondary N) is 2. The van der Waals surface area contributed by atoms with Gasteiger partial charge in [0.15, 0.2) is 0 Å². The Morgan fingerprint density at radius 1 is 1.04 bits per heavy atom. The number of halogens is 4. The van der Waals surface area contributed by atoms with E-state index in [0.29, 0.717) is 6.07 Å². The highest BCUT2D eigenvalue weighted by molar-refractivity contribution is 7.86. The van der Waals surface area contributed by atoms with Gasteiger partial charge in [0.1, 0.15) is 10.7 Å². The van der Waals surface area contributed by atoms with Crippen LogP contribution in [0.3, 0.4) is 0 Å². The lowest BCUT2D eigenvalue weighted by Crippen LogP contribution is -2.34. The van der Waals surface area contributed by atoms with E-state index in [4.69, 9.17) is 23.2 Å². The Kier molecular flexibility index (Phi) is 5.61. The van der Waals surface area contributed by atoms with Crippen molar-refractivity contribution in [2.24, 2.45) is 0 Å². The predicted molar refractivity (Wildman–Crippen MR) is 87.6 cm³/mol. The summed E-state index contributed by atoms with van der Waals surface area (Å²) in [6.45, 7) is 0. The standard InChI is InChI=1S/C14H8Cl2F2N2O4S/c15-8-2-1-3-9(16)12(8)13(21)20-14(22)19-11-5-4-7(6-10(11)17)25(18,23)24/h1-6H,(H2,19,20,21,22). The van der Waals surface area contributed by atoms with Crippen molar-refractivity contribution in [2.75, 3.05) is 5.32 Å². The molecule has 6 nitrogen and oxygen atoms in total. The third-order valence-electron chi connectivity index (χ3n) is 2.89. The van der Waals surface area contributed by atoms with Crippen molar-refractivity contribution in [1.82, 2.24) is 5.32 Å². The van der Waals surface area contributed by atoms with E-state index in [2.05, 4.69) is 0 Å². The Balaban J connectivity index is 2.14. The monoisotopic (exact) mass is 408 g/mol. The highest BCUT2D eigenvalue weighted by Gasteiger charge is 2.19. The van der Waals surface area contributed by atoms with Crippen LogP contribution in [-0.4, -0.2) is 20.4 Å². The molecule has 0 atom stereocenters. The quantitative estimate of drug-likeness (QED) is 0.756. The van der Waals surface area contributed by atoms with E-state index in [1.807, 2.05) is 10.6 Å². The van der Waals surface area contributed by atoms with Crippen molar-refractivity contribution in [3.8, 4) is 0 Å². The van der Waals surface area contributed by atoms with E-state index in [-0.39, 0.29) is 15.6 Å². The van der Waals surface area contributed by atoms with Crippen molar-refractivity contribution in [3.05, 3.63) is 57.8 Å². The van der Waals surface area contributed by atoms with Gasteiger partial charge in [-0.15, -0.1) is 3.89 Å². The third kappa shape index (κ3) is 4.65. The van der Waals surface area contributed by atoms with Gasteiger partial charge < -0.3 is 5.32 Å². The van der Waals surface area contributed by atoms with E-state index in [1.54, 1.807) is 0 Å². The zero-order valence-electron chi connectivity index (χ0n) is 12.0. The van der Waals surface area contributed by atoms with Crippen LogP contribution in [0.25, 0.3) is 0 Å². The minimum atomic E-state index is -5.09. The zero-order valence-corrected chi connectivity index (χ0v) is 14.3. The van der Waals surface area contributed by atoms with Gasteiger partial charge in [-0.2, -0.15) is 8.42 Å². The first-order chi connectivity index (χ1) is 11.6. The smallest absolute Gasteiger partial charge is 0.305 e. The molecule has 2 aromatic rings. The van der Waals surface area contributed by atoms with Gasteiger partial charge in [0.2, 0.25) is 0 Å². The topological polar surface area (TPSA) is 92.3 Å². The number of anilines is 1. The van der Waals surface area contributed by atoms with Gasteiger partial charge in [0.05, 0.1) is 21.3 Å². The van der Waals surface area contributed by atoms with Gasteiger partial charge in [0, 0.05) is 0 Å². The first kappa shape index (κ1) is 19.1. The second-order valence-electron chi connectivity index (χ2n) is 4.58. The van der Waals surface area contributed by atoms with Gasteiger partial charge in [-0.25, -0.2) is 9.18 Å². The Bertz CT molecular complexity index is 947. The lowest BCUT2D eigenvalue weighted by atomic mass is 10.2. The van der Waals surface area contributed by atoms with Crippen LogP contribution in [0.4, 0.5) is 18.8 Å². The summed E-state index contributed by atoms with van der Waals surface area (Å²) in [5, 5.41) is 3.86. The number of imide groups is 1. The minimum Gasteiger partial charge on any atom is -0.305 e. The molecular formula is C14H8Cl2F2N2O4S. The second-order valence-corrected chi connectivity index (χ2v) is 6.75. The lowest BCUT2D eigenvalue weighted by Gasteiger charge is -2.10. The molecule has 0 aliphatic carbocycles. The Labute approximate surface area is 150 Å². The van der Waals surface area contributed by atoms with Crippen molar-refractivity contribution < 1.29 is 26.3 Å². The summed E-state index contributed by atoms with van der Waals surface area (Å²) in [6, 6.07) is 5.10. The molecule has 0 saturated carbocycles. The number of benzene rings is 2. The molecule has 132 valence electrons. The number of carbonyl (C=O) groups is 2. The van der Waals surface area contributed by atoms with E-state index in [0.717, 1.165) is 12.1 Å². The highest BCUT2D eigenvalue weighted by Crippen LogP contribution is 2.24. The number of hydrogen-bond donors (Lipinski definition) is 2. The van der Waals surface area contributed by atoms with Crippen LogP contribution >= 0.6 is 23.2 Å². The molecule has 0 aromatic heterocycles. The fraction of sp³-hybridized carbons (Fsp3) is 0. The second kappa shape index (κ2) is 7.34. The van der Waals surface area contributed by atoms with E-state index < -0.39 is 38.6 Å². The van der Waals surface area contributed by atoms with E-state index in [1.165, 1.54) is 18.2 Å². The predicted octanol–water partition coefficient (Wildman–Crippen LogP) is 3.75. The summed E-state index contributed by atoms with van der Waals surface area (Å²) < 4.78 is 47.9. The van der Waals surface area contributed by atoms with Crippen LogP contribution in [-0.2, 0) is 10.2 Å². The lowest BCUT2D eigenvalue weighted by molar-refractivity contribution is 0.0967. The third-order valence-corrected chi connectivity index (χ3v) is 4.33. The number of carbonyl (C=O) groups excluding carboxylic acids is 2. The maximum Gasteiger partial charge on any atom is 0.332 e. The fourth-order valence-corrected chi connectivity index (χ4v) is 2.83. The molecule has 0 heterocycles. The van der Waals surface area contributed by atoms with Gasteiger partial charge in [-0.3, -0.25) is 10.1 Å². The molecular weight excluding hydrogens is 401 g/mol. The summed E-state index contributed by atoms with van der Waals surface area (Å²) in [5.41, 5.74) is -0.622. The fourth-order valence-electron chi connectivity index (χ4n) is 1.78. The average Bonchev–Trinajstić information content (AvgIpc) is 2.48. The normalized spacial score (nSPS) is 11.0. The molecule has 0 aliphatic heterocycles. The number of urea groups is 1. The Hall–Kier alpha value is -2.23. The number of amides is 3. The van der Waals surface area contributed by atoms with Crippen LogP contribution in [0.2, 0.25) is 10.0 Å². The Morgan fingerprint density at radius 3 is 2.16 bits per heavy atom. The van der Waals surface area contributed by atoms with Gasteiger partial charge >= 0.3 is 16.3 Å². The summed E-state index contributed by atoms with van der Waals surface area (Å²) in [6.07, 6.45) is 0. The minimum absolute atomic E-state index is 0.00138. The van der Waals surface area contributed by atoms with E-state index >= 15 is 0 Å². The molecule has 0 fully saturated rings. The largest absolute Gasteiger partial charge is 0.332 e. The van der Waals surface area contributed by atoms with Crippen LogP contribution in [0.15, 0.2) is 41.3 Å². The Morgan fingerprint density at radius 2 is 1.64 bits per heavy atom. The van der Waals surface area contributed by atoms with Crippen molar-refractivity contribution >= 4 is 51.1 Å². The zero-order chi connectivity index (χ0) is 18.8. The molecule has 0 saturated heterocycles. The van der Waals surface area contributed by atoms with E-state index in [9.17, 15) is 26.3 Å². The molecule has 25 heavy (non-hydrogen) atoms.